The standard InChI is InChI=1S/C16H22N2O2/c1-2-15(19)17-11-8-16(20)9-12-18(13-10-16)14-6-4-3-5-7-14/h2-7,20H,1,8-13H2,(H,17,19). The summed E-state index contributed by atoms with van der Waals surface area (Å²) in [5.74, 6) is -0.185. The topological polar surface area (TPSA) is 52.6 Å². The van der Waals surface area contributed by atoms with Crippen molar-refractivity contribution in [3.8, 4) is 0 Å². The number of carbonyl (C=O) groups is 1. The lowest BCUT2D eigenvalue weighted by atomic mass is 9.88. The van der Waals surface area contributed by atoms with Crippen LogP contribution in [0.1, 0.15) is 19.3 Å². The molecule has 1 aliphatic rings. The van der Waals surface area contributed by atoms with Crippen molar-refractivity contribution in [2.45, 2.75) is 24.9 Å². The fourth-order valence-electron chi connectivity index (χ4n) is 2.56. The summed E-state index contributed by atoms with van der Waals surface area (Å²) in [5.41, 5.74) is 0.536. The average Bonchev–Trinajstić information content (AvgIpc) is 2.48. The van der Waals surface area contributed by atoms with E-state index >= 15 is 0 Å². The van der Waals surface area contributed by atoms with Crippen molar-refractivity contribution >= 4 is 11.6 Å². The molecule has 0 radical (unpaired) electrons. The van der Waals surface area contributed by atoms with Gasteiger partial charge in [0.2, 0.25) is 5.91 Å². The number of piperidine rings is 1. The van der Waals surface area contributed by atoms with Crippen LogP contribution in [0.5, 0.6) is 0 Å². The van der Waals surface area contributed by atoms with Crippen LogP contribution < -0.4 is 10.2 Å². The molecule has 20 heavy (non-hydrogen) atoms. The number of para-hydroxylation sites is 1. The van der Waals surface area contributed by atoms with E-state index in [-0.39, 0.29) is 5.91 Å². The summed E-state index contributed by atoms with van der Waals surface area (Å²) >= 11 is 0. The first kappa shape index (κ1) is 14.6. The van der Waals surface area contributed by atoms with Gasteiger partial charge < -0.3 is 15.3 Å². The Hall–Kier alpha value is -1.81. The van der Waals surface area contributed by atoms with E-state index in [1.54, 1.807) is 0 Å². The van der Waals surface area contributed by atoms with Crippen LogP contribution >= 0.6 is 0 Å². The van der Waals surface area contributed by atoms with E-state index in [0.29, 0.717) is 13.0 Å². The van der Waals surface area contributed by atoms with Gasteiger partial charge in [0.05, 0.1) is 5.60 Å². The lowest BCUT2D eigenvalue weighted by Gasteiger charge is -2.39. The summed E-state index contributed by atoms with van der Waals surface area (Å²) in [5, 5.41) is 13.2. The van der Waals surface area contributed by atoms with E-state index in [1.807, 2.05) is 18.2 Å². The molecule has 1 fully saturated rings. The van der Waals surface area contributed by atoms with E-state index in [2.05, 4.69) is 28.9 Å². The summed E-state index contributed by atoms with van der Waals surface area (Å²) in [7, 11) is 0. The minimum atomic E-state index is -0.667. The van der Waals surface area contributed by atoms with Gasteiger partial charge in [-0.2, -0.15) is 0 Å². The molecule has 1 aliphatic heterocycles. The van der Waals surface area contributed by atoms with Gasteiger partial charge in [-0.15, -0.1) is 0 Å². The van der Waals surface area contributed by atoms with Gasteiger partial charge in [0.15, 0.2) is 0 Å². The molecule has 2 N–H and O–H groups in total. The molecule has 0 aromatic heterocycles. The highest BCUT2D eigenvalue weighted by molar-refractivity contribution is 5.86. The number of aliphatic hydroxyl groups is 1. The molecule has 0 unspecified atom stereocenters. The van der Waals surface area contributed by atoms with Gasteiger partial charge in [-0.25, -0.2) is 0 Å². The highest BCUT2D eigenvalue weighted by Crippen LogP contribution is 2.28. The summed E-state index contributed by atoms with van der Waals surface area (Å²) in [6.45, 7) is 5.58. The predicted molar refractivity (Wildman–Crippen MR) is 80.7 cm³/mol. The lowest BCUT2D eigenvalue weighted by molar-refractivity contribution is -0.116. The third-order valence-corrected chi connectivity index (χ3v) is 3.89. The van der Waals surface area contributed by atoms with Crippen LogP contribution in [0.3, 0.4) is 0 Å². The third kappa shape index (κ3) is 3.84. The van der Waals surface area contributed by atoms with Crippen molar-refractivity contribution in [1.29, 1.82) is 0 Å². The van der Waals surface area contributed by atoms with E-state index in [9.17, 15) is 9.90 Å². The number of nitrogens with zero attached hydrogens (tertiary/aromatic N) is 1. The number of amides is 1. The maximum atomic E-state index is 11.1. The molecule has 0 spiro atoms. The third-order valence-electron chi connectivity index (χ3n) is 3.89. The van der Waals surface area contributed by atoms with E-state index in [0.717, 1.165) is 25.9 Å². The first-order valence-corrected chi connectivity index (χ1v) is 7.06. The van der Waals surface area contributed by atoms with Crippen molar-refractivity contribution < 1.29 is 9.90 Å². The van der Waals surface area contributed by atoms with Gasteiger partial charge in [-0.1, -0.05) is 24.8 Å². The summed E-state index contributed by atoms with van der Waals surface area (Å²) in [6, 6.07) is 10.2. The number of hydrogen-bond donors (Lipinski definition) is 2. The van der Waals surface area contributed by atoms with Crippen LogP contribution in [0.25, 0.3) is 0 Å². The van der Waals surface area contributed by atoms with Crippen LogP contribution in [-0.2, 0) is 4.79 Å². The first-order chi connectivity index (χ1) is 9.63. The summed E-state index contributed by atoms with van der Waals surface area (Å²) in [6.07, 6.45) is 3.30. The minimum absolute atomic E-state index is 0.185. The van der Waals surface area contributed by atoms with Crippen LogP contribution in [0.4, 0.5) is 5.69 Å². The Balaban J connectivity index is 1.80. The SMILES string of the molecule is C=CC(=O)NCCC1(O)CCN(c2ccccc2)CC1. The maximum Gasteiger partial charge on any atom is 0.243 e. The molecule has 1 heterocycles. The lowest BCUT2D eigenvalue weighted by Crippen LogP contribution is -2.46. The molecule has 0 atom stereocenters. The molecule has 0 aliphatic carbocycles. The van der Waals surface area contributed by atoms with Crippen LogP contribution in [0.15, 0.2) is 43.0 Å². The number of hydrogen-bond acceptors (Lipinski definition) is 3. The molecular formula is C16H22N2O2. The molecule has 108 valence electrons. The quantitative estimate of drug-likeness (QED) is 0.804. The van der Waals surface area contributed by atoms with Crippen LogP contribution in [-0.4, -0.2) is 36.2 Å². The molecule has 1 aromatic carbocycles. The number of benzene rings is 1. The second-order valence-electron chi connectivity index (χ2n) is 5.29. The van der Waals surface area contributed by atoms with Gasteiger partial charge in [0.25, 0.3) is 0 Å². The monoisotopic (exact) mass is 274 g/mol. The van der Waals surface area contributed by atoms with Crippen molar-refractivity contribution in [1.82, 2.24) is 5.32 Å². The zero-order chi connectivity index (χ0) is 14.4. The molecule has 4 nitrogen and oxygen atoms in total. The van der Waals surface area contributed by atoms with Gasteiger partial charge in [-0.3, -0.25) is 4.79 Å². The molecule has 2 rings (SSSR count). The Morgan fingerprint density at radius 1 is 1.35 bits per heavy atom. The van der Waals surface area contributed by atoms with Crippen molar-refractivity contribution in [2.24, 2.45) is 0 Å². The number of nitrogens with one attached hydrogen (secondary N) is 1. The Labute approximate surface area is 120 Å². The molecule has 1 amide bonds. The zero-order valence-electron chi connectivity index (χ0n) is 11.7. The molecule has 1 saturated heterocycles. The number of anilines is 1. The van der Waals surface area contributed by atoms with Crippen molar-refractivity contribution in [3.63, 3.8) is 0 Å². The predicted octanol–water partition coefficient (Wildman–Crippen LogP) is 1.71. The Morgan fingerprint density at radius 2 is 2.00 bits per heavy atom. The summed E-state index contributed by atoms with van der Waals surface area (Å²) in [4.78, 5) is 13.4. The first-order valence-electron chi connectivity index (χ1n) is 7.06. The number of rotatable bonds is 5. The maximum absolute atomic E-state index is 11.1. The van der Waals surface area contributed by atoms with E-state index < -0.39 is 5.60 Å². The highest BCUT2D eigenvalue weighted by Gasteiger charge is 2.31. The largest absolute Gasteiger partial charge is 0.390 e. The Kier molecular flexibility index (Phi) is 4.79. The van der Waals surface area contributed by atoms with Gasteiger partial charge in [0.1, 0.15) is 0 Å². The molecule has 0 saturated carbocycles. The van der Waals surface area contributed by atoms with Crippen molar-refractivity contribution in [2.75, 3.05) is 24.5 Å². The van der Waals surface area contributed by atoms with Gasteiger partial charge in [-0.05, 0) is 37.5 Å². The minimum Gasteiger partial charge on any atom is -0.390 e. The van der Waals surface area contributed by atoms with Gasteiger partial charge in [0, 0.05) is 25.3 Å². The van der Waals surface area contributed by atoms with E-state index in [1.165, 1.54) is 11.8 Å². The van der Waals surface area contributed by atoms with Crippen LogP contribution in [0, 0.1) is 0 Å². The second kappa shape index (κ2) is 6.57. The summed E-state index contributed by atoms with van der Waals surface area (Å²) < 4.78 is 0. The molecule has 1 aromatic rings. The van der Waals surface area contributed by atoms with Crippen LogP contribution in [0.2, 0.25) is 0 Å². The average molecular weight is 274 g/mol. The van der Waals surface area contributed by atoms with Crippen molar-refractivity contribution in [3.05, 3.63) is 43.0 Å². The second-order valence-corrected chi connectivity index (χ2v) is 5.29. The normalized spacial score (nSPS) is 17.6. The smallest absolute Gasteiger partial charge is 0.243 e. The molecular weight excluding hydrogens is 252 g/mol. The number of carbonyl (C=O) groups excluding carboxylic acids is 1. The van der Waals surface area contributed by atoms with E-state index in [4.69, 9.17) is 0 Å². The van der Waals surface area contributed by atoms with Gasteiger partial charge >= 0.3 is 0 Å². The zero-order valence-corrected chi connectivity index (χ0v) is 11.7. The Bertz CT molecular complexity index is 451. The fourth-order valence-corrected chi connectivity index (χ4v) is 2.56. The Morgan fingerprint density at radius 3 is 2.60 bits per heavy atom. The molecule has 0 bridgehead atoms. The highest BCUT2D eigenvalue weighted by atomic mass is 16.3. The molecule has 4 heteroatoms. The fraction of sp³-hybridized carbons (Fsp3) is 0.438.